The van der Waals surface area contributed by atoms with E-state index in [9.17, 15) is 5.11 Å². The van der Waals surface area contributed by atoms with Gasteiger partial charge in [0.15, 0.2) is 0 Å². The standard InChI is InChI=1S/C14H25NO2/c16-11-13(7-8-13)10-15-9-12-3-6-14(17-12)4-1-2-5-14/h12,15-16H,1-11H2. The second-order valence-corrected chi connectivity index (χ2v) is 6.46. The van der Waals surface area contributed by atoms with Gasteiger partial charge in [-0.2, -0.15) is 0 Å². The first-order valence-corrected chi connectivity index (χ1v) is 7.25. The summed E-state index contributed by atoms with van der Waals surface area (Å²) in [6.45, 7) is 2.29. The van der Waals surface area contributed by atoms with Crippen molar-refractivity contribution in [2.24, 2.45) is 5.41 Å². The third-order valence-corrected chi connectivity index (χ3v) is 5.02. The SMILES string of the molecule is OCC1(CNCC2CCC3(CCCC3)O2)CC1. The van der Waals surface area contributed by atoms with Crippen molar-refractivity contribution < 1.29 is 9.84 Å². The van der Waals surface area contributed by atoms with Gasteiger partial charge in [0.25, 0.3) is 0 Å². The normalized spacial score (nSPS) is 33.4. The van der Waals surface area contributed by atoms with Gasteiger partial charge < -0.3 is 15.2 Å². The monoisotopic (exact) mass is 239 g/mol. The maximum absolute atomic E-state index is 9.24. The van der Waals surface area contributed by atoms with Crippen molar-refractivity contribution in [3.05, 3.63) is 0 Å². The summed E-state index contributed by atoms with van der Waals surface area (Å²) in [6, 6.07) is 0. The number of nitrogens with one attached hydrogen (secondary N) is 1. The van der Waals surface area contributed by atoms with Gasteiger partial charge in [-0.05, 0) is 38.5 Å². The summed E-state index contributed by atoms with van der Waals surface area (Å²) in [5.41, 5.74) is 0.490. The van der Waals surface area contributed by atoms with E-state index in [4.69, 9.17) is 4.74 Å². The zero-order valence-corrected chi connectivity index (χ0v) is 10.7. The van der Waals surface area contributed by atoms with Crippen LogP contribution < -0.4 is 5.32 Å². The van der Waals surface area contributed by atoms with Crippen molar-refractivity contribution in [3.8, 4) is 0 Å². The molecule has 1 heterocycles. The summed E-state index contributed by atoms with van der Waals surface area (Å²) < 4.78 is 6.25. The summed E-state index contributed by atoms with van der Waals surface area (Å²) in [5, 5.41) is 12.7. The fraction of sp³-hybridized carbons (Fsp3) is 1.00. The van der Waals surface area contributed by atoms with Crippen LogP contribution in [0.25, 0.3) is 0 Å². The number of ether oxygens (including phenoxy) is 1. The van der Waals surface area contributed by atoms with Gasteiger partial charge in [0.2, 0.25) is 0 Å². The topological polar surface area (TPSA) is 41.5 Å². The van der Waals surface area contributed by atoms with Gasteiger partial charge in [0.1, 0.15) is 0 Å². The van der Waals surface area contributed by atoms with Crippen LogP contribution in [-0.4, -0.2) is 36.5 Å². The zero-order chi connectivity index (χ0) is 11.8. The van der Waals surface area contributed by atoms with Crippen LogP contribution in [0, 0.1) is 5.41 Å². The highest BCUT2D eigenvalue weighted by Crippen LogP contribution is 2.45. The van der Waals surface area contributed by atoms with E-state index in [1.165, 1.54) is 51.4 Å². The van der Waals surface area contributed by atoms with E-state index in [0.717, 1.165) is 13.1 Å². The van der Waals surface area contributed by atoms with Crippen LogP contribution in [0.2, 0.25) is 0 Å². The van der Waals surface area contributed by atoms with E-state index in [1.54, 1.807) is 0 Å². The van der Waals surface area contributed by atoms with Gasteiger partial charge in [-0.1, -0.05) is 12.8 Å². The van der Waals surface area contributed by atoms with Crippen molar-refractivity contribution in [3.63, 3.8) is 0 Å². The molecule has 0 aromatic rings. The van der Waals surface area contributed by atoms with Crippen LogP contribution in [0.15, 0.2) is 0 Å². The van der Waals surface area contributed by atoms with Crippen molar-refractivity contribution in [1.29, 1.82) is 0 Å². The fourth-order valence-corrected chi connectivity index (χ4v) is 3.49. The van der Waals surface area contributed by atoms with Crippen LogP contribution in [0.1, 0.15) is 51.4 Å². The minimum atomic E-state index is 0.226. The summed E-state index contributed by atoms with van der Waals surface area (Å²) >= 11 is 0. The van der Waals surface area contributed by atoms with E-state index >= 15 is 0 Å². The highest BCUT2D eigenvalue weighted by atomic mass is 16.5. The third kappa shape index (κ3) is 2.51. The average molecular weight is 239 g/mol. The molecular weight excluding hydrogens is 214 g/mol. The van der Waals surface area contributed by atoms with Crippen LogP contribution in [0.5, 0.6) is 0 Å². The summed E-state index contributed by atoms with van der Waals surface area (Å²) in [5.74, 6) is 0. The van der Waals surface area contributed by atoms with Gasteiger partial charge in [0.05, 0.1) is 11.7 Å². The first kappa shape index (κ1) is 11.9. The molecule has 1 spiro atoms. The van der Waals surface area contributed by atoms with Crippen LogP contribution in [-0.2, 0) is 4.74 Å². The minimum absolute atomic E-state index is 0.226. The maximum Gasteiger partial charge on any atom is 0.0708 e. The molecule has 1 unspecified atom stereocenters. The fourth-order valence-electron chi connectivity index (χ4n) is 3.49. The van der Waals surface area contributed by atoms with Crippen molar-refractivity contribution in [1.82, 2.24) is 5.32 Å². The highest BCUT2D eigenvalue weighted by Gasteiger charge is 2.43. The Morgan fingerprint density at radius 3 is 2.53 bits per heavy atom. The van der Waals surface area contributed by atoms with E-state index < -0.39 is 0 Å². The van der Waals surface area contributed by atoms with E-state index in [1.807, 2.05) is 0 Å². The Hall–Kier alpha value is -0.120. The van der Waals surface area contributed by atoms with Gasteiger partial charge in [-0.15, -0.1) is 0 Å². The molecule has 0 radical (unpaired) electrons. The number of hydrogen-bond acceptors (Lipinski definition) is 3. The predicted molar refractivity (Wildman–Crippen MR) is 66.9 cm³/mol. The van der Waals surface area contributed by atoms with Crippen molar-refractivity contribution in [2.45, 2.75) is 63.1 Å². The molecule has 1 saturated heterocycles. The van der Waals surface area contributed by atoms with Crippen LogP contribution in [0.3, 0.4) is 0 Å². The molecule has 0 aromatic heterocycles. The molecule has 2 N–H and O–H groups in total. The Morgan fingerprint density at radius 1 is 1.12 bits per heavy atom. The maximum atomic E-state index is 9.24. The molecule has 3 heteroatoms. The molecule has 0 amide bonds. The molecule has 2 saturated carbocycles. The summed E-state index contributed by atoms with van der Waals surface area (Å²) in [4.78, 5) is 0. The molecule has 3 aliphatic rings. The highest BCUT2D eigenvalue weighted by molar-refractivity contribution is 4.96. The lowest BCUT2D eigenvalue weighted by Gasteiger charge is -2.24. The number of rotatable bonds is 5. The van der Waals surface area contributed by atoms with Crippen LogP contribution in [0.4, 0.5) is 0 Å². The van der Waals surface area contributed by atoms with Crippen molar-refractivity contribution >= 4 is 0 Å². The lowest BCUT2D eigenvalue weighted by atomic mass is 9.98. The van der Waals surface area contributed by atoms with E-state index in [2.05, 4.69) is 5.32 Å². The Bertz CT molecular complexity index is 269. The second-order valence-electron chi connectivity index (χ2n) is 6.46. The second kappa shape index (κ2) is 4.52. The smallest absolute Gasteiger partial charge is 0.0708 e. The number of aliphatic hydroxyl groups is 1. The molecule has 0 bridgehead atoms. The van der Waals surface area contributed by atoms with Gasteiger partial charge in [-0.25, -0.2) is 0 Å². The molecule has 1 aliphatic heterocycles. The largest absolute Gasteiger partial charge is 0.396 e. The molecule has 17 heavy (non-hydrogen) atoms. The molecule has 3 nitrogen and oxygen atoms in total. The molecule has 98 valence electrons. The molecule has 3 fully saturated rings. The Balaban J connectivity index is 1.39. The minimum Gasteiger partial charge on any atom is -0.396 e. The molecule has 2 aliphatic carbocycles. The average Bonchev–Trinajstić information content (AvgIpc) is 2.81. The lowest BCUT2D eigenvalue weighted by Crippen LogP contribution is -2.34. The number of hydrogen-bond donors (Lipinski definition) is 2. The molecule has 3 rings (SSSR count). The first-order chi connectivity index (χ1) is 8.26. The molecule has 0 aromatic carbocycles. The van der Waals surface area contributed by atoms with Crippen molar-refractivity contribution in [2.75, 3.05) is 19.7 Å². The summed E-state index contributed by atoms with van der Waals surface area (Å²) in [7, 11) is 0. The van der Waals surface area contributed by atoms with Gasteiger partial charge >= 0.3 is 0 Å². The zero-order valence-electron chi connectivity index (χ0n) is 10.7. The quantitative estimate of drug-likeness (QED) is 0.769. The first-order valence-electron chi connectivity index (χ1n) is 7.25. The van der Waals surface area contributed by atoms with Crippen LogP contribution >= 0.6 is 0 Å². The van der Waals surface area contributed by atoms with Gasteiger partial charge in [0, 0.05) is 25.1 Å². The Morgan fingerprint density at radius 2 is 1.88 bits per heavy atom. The predicted octanol–water partition coefficient (Wildman–Crippen LogP) is 1.84. The van der Waals surface area contributed by atoms with E-state index in [-0.39, 0.29) is 11.0 Å². The Kier molecular flexibility index (Phi) is 3.18. The van der Waals surface area contributed by atoms with E-state index in [0.29, 0.717) is 12.7 Å². The molecular formula is C14H25NO2. The summed E-state index contributed by atoms with van der Waals surface area (Å²) in [6.07, 6.45) is 10.6. The lowest BCUT2D eigenvalue weighted by molar-refractivity contribution is -0.0355. The number of aliphatic hydroxyl groups excluding tert-OH is 1. The Labute approximate surface area is 104 Å². The molecule has 1 atom stereocenters. The van der Waals surface area contributed by atoms with Gasteiger partial charge in [-0.3, -0.25) is 0 Å². The third-order valence-electron chi connectivity index (χ3n) is 5.02.